The summed E-state index contributed by atoms with van der Waals surface area (Å²) in [6.45, 7) is 3.53. The van der Waals surface area contributed by atoms with E-state index in [4.69, 9.17) is 4.74 Å². The Bertz CT molecular complexity index is 503. The first-order valence-corrected chi connectivity index (χ1v) is 9.16. The van der Waals surface area contributed by atoms with Gasteiger partial charge in [0.05, 0.1) is 5.92 Å². The van der Waals surface area contributed by atoms with Gasteiger partial charge in [-0.1, -0.05) is 12.1 Å². The summed E-state index contributed by atoms with van der Waals surface area (Å²) in [4.78, 5) is 12.2. The Morgan fingerprint density at radius 2 is 2.13 bits per heavy atom. The fraction of sp³-hybridized carbons (Fsp3) is 0.588. The van der Waals surface area contributed by atoms with Crippen molar-refractivity contribution in [3.63, 3.8) is 0 Å². The lowest BCUT2D eigenvalue weighted by molar-refractivity contribution is -0.119. The number of rotatable bonds is 5. The maximum Gasteiger partial charge on any atom is 0.228 e. The second-order valence-corrected chi connectivity index (χ2v) is 7.29. The highest BCUT2D eigenvalue weighted by molar-refractivity contribution is 7.99. The third kappa shape index (κ3) is 5.68. The van der Waals surface area contributed by atoms with Crippen LogP contribution in [0.25, 0.3) is 0 Å². The molecule has 128 valence electrons. The fourth-order valence-electron chi connectivity index (χ4n) is 2.92. The minimum atomic E-state index is 0. The Kier molecular flexibility index (Phi) is 7.70. The zero-order valence-electron chi connectivity index (χ0n) is 13.3. The molecule has 3 rings (SSSR count). The number of anilines is 1. The van der Waals surface area contributed by atoms with Crippen LogP contribution in [0.5, 0.6) is 0 Å². The van der Waals surface area contributed by atoms with Crippen molar-refractivity contribution >= 4 is 35.8 Å². The van der Waals surface area contributed by atoms with E-state index >= 15 is 0 Å². The van der Waals surface area contributed by atoms with Gasteiger partial charge in [-0.3, -0.25) is 4.79 Å². The molecular formula is C17H25ClN2O2S. The molecule has 1 atom stereocenters. The summed E-state index contributed by atoms with van der Waals surface area (Å²) in [7, 11) is 0. The Hall–Kier alpha value is -0.750. The average Bonchev–Trinajstić information content (AvgIpc) is 3.09. The van der Waals surface area contributed by atoms with Crippen LogP contribution in [-0.4, -0.2) is 37.5 Å². The quantitative estimate of drug-likeness (QED) is 0.851. The van der Waals surface area contributed by atoms with Crippen molar-refractivity contribution in [2.75, 3.05) is 31.6 Å². The molecule has 1 aromatic rings. The van der Waals surface area contributed by atoms with Crippen LogP contribution < -0.4 is 10.6 Å². The Labute approximate surface area is 148 Å². The van der Waals surface area contributed by atoms with Gasteiger partial charge in [0.25, 0.3) is 0 Å². The van der Waals surface area contributed by atoms with Crippen LogP contribution in [-0.2, 0) is 15.3 Å². The van der Waals surface area contributed by atoms with Crippen LogP contribution in [0.3, 0.4) is 0 Å². The summed E-state index contributed by atoms with van der Waals surface area (Å²) in [5.74, 6) is 1.25. The molecule has 2 fully saturated rings. The molecule has 2 N–H and O–H groups in total. The van der Waals surface area contributed by atoms with E-state index < -0.39 is 0 Å². The molecule has 1 amide bonds. The lowest BCUT2D eigenvalue weighted by Crippen LogP contribution is -2.24. The number of thioether (sulfide) groups is 1. The molecule has 0 spiro atoms. The van der Waals surface area contributed by atoms with Crippen LogP contribution in [0.2, 0.25) is 0 Å². The highest BCUT2D eigenvalue weighted by Gasteiger charge is 2.22. The first-order chi connectivity index (χ1) is 10.8. The van der Waals surface area contributed by atoms with Crippen LogP contribution in [0.15, 0.2) is 24.3 Å². The summed E-state index contributed by atoms with van der Waals surface area (Å²) in [5.41, 5.74) is 2.20. The number of nitrogens with one attached hydrogen (secondary N) is 2. The minimum absolute atomic E-state index is 0. The van der Waals surface area contributed by atoms with Crippen LogP contribution in [0.1, 0.15) is 24.8 Å². The van der Waals surface area contributed by atoms with E-state index in [9.17, 15) is 4.79 Å². The molecule has 1 unspecified atom stereocenters. The van der Waals surface area contributed by atoms with Crippen LogP contribution in [0, 0.1) is 5.92 Å². The van der Waals surface area contributed by atoms with E-state index in [1.54, 1.807) is 0 Å². The van der Waals surface area contributed by atoms with Gasteiger partial charge >= 0.3 is 0 Å². The third-order valence-electron chi connectivity index (χ3n) is 4.28. The number of halogens is 1. The van der Waals surface area contributed by atoms with E-state index in [-0.39, 0.29) is 24.2 Å². The van der Waals surface area contributed by atoms with Crippen molar-refractivity contribution in [2.45, 2.75) is 30.3 Å². The molecule has 0 radical (unpaired) electrons. The number of carbonyl (C=O) groups excluding carboxylic acids is 1. The van der Waals surface area contributed by atoms with E-state index in [0.717, 1.165) is 57.0 Å². The van der Waals surface area contributed by atoms with Gasteiger partial charge in [0.1, 0.15) is 0 Å². The summed E-state index contributed by atoms with van der Waals surface area (Å²) in [6.07, 6.45) is 3.23. The first-order valence-electron chi connectivity index (χ1n) is 8.11. The molecule has 23 heavy (non-hydrogen) atoms. The summed E-state index contributed by atoms with van der Waals surface area (Å²) >= 11 is 2.00. The topological polar surface area (TPSA) is 50.4 Å². The summed E-state index contributed by atoms with van der Waals surface area (Å²) in [5, 5.41) is 6.99. The number of carbonyl (C=O) groups is 1. The maximum atomic E-state index is 12.2. The number of ether oxygens (including phenoxy) is 1. The molecule has 6 heteroatoms. The van der Waals surface area contributed by atoms with Crippen LogP contribution in [0.4, 0.5) is 5.69 Å². The lowest BCUT2D eigenvalue weighted by Gasteiger charge is -2.21. The summed E-state index contributed by atoms with van der Waals surface area (Å²) < 4.78 is 5.40. The Morgan fingerprint density at radius 3 is 2.87 bits per heavy atom. The second-order valence-electron chi connectivity index (χ2n) is 6.00. The zero-order valence-corrected chi connectivity index (χ0v) is 14.9. The molecule has 0 aromatic heterocycles. The monoisotopic (exact) mass is 356 g/mol. The summed E-state index contributed by atoms with van der Waals surface area (Å²) in [6, 6.07) is 8.25. The Balaban J connectivity index is 0.00000192. The van der Waals surface area contributed by atoms with Gasteiger partial charge in [-0.2, -0.15) is 11.8 Å². The largest absolute Gasteiger partial charge is 0.381 e. The molecule has 2 heterocycles. The van der Waals surface area contributed by atoms with Gasteiger partial charge in [-0.15, -0.1) is 12.4 Å². The number of hydrogen-bond donors (Lipinski definition) is 2. The van der Waals surface area contributed by atoms with Crippen molar-refractivity contribution in [3.05, 3.63) is 29.8 Å². The van der Waals surface area contributed by atoms with Gasteiger partial charge < -0.3 is 15.4 Å². The molecule has 0 saturated carbocycles. The molecule has 2 aliphatic heterocycles. The number of hydrogen-bond acceptors (Lipinski definition) is 4. The van der Waals surface area contributed by atoms with Crippen molar-refractivity contribution < 1.29 is 9.53 Å². The van der Waals surface area contributed by atoms with E-state index in [1.165, 1.54) is 5.56 Å². The third-order valence-corrected chi connectivity index (χ3v) is 5.72. The van der Waals surface area contributed by atoms with Gasteiger partial charge in [-0.05, 0) is 43.5 Å². The molecule has 0 bridgehead atoms. The predicted molar refractivity (Wildman–Crippen MR) is 98.4 cm³/mol. The number of amides is 1. The smallest absolute Gasteiger partial charge is 0.228 e. The number of benzene rings is 1. The molecule has 1 aromatic carbocycles. The van der Waals surface area contributed by atoms with Gasteiger partial charge in [-0.25, -0.2) is 0 Å². The van der Waals surface area contributed by atoms with E-state index in [0.29, 0.717) is 5.25 Å². The maximum absolute atomic E-state index is 12.2. The van der Waals surface area contributed by atoms with Gasteiger partial charge in [0.15, 0.2) is 0 Å². The molecular weight excluding hydrogens is 332 g/mol. The average molecular weight is 357 g/mol. The normalized spacial score (nSPS) is 21.7. The van der Waals surface area contributed by atoms with Crippen molar-refractivity contribution in [3.8, 4) is 0 Å². The molecule has 2 saturated heterocycles. The van der Waals surface area contributed by atoms with E-state index in [2.05, 4.69) is 22.8 Å². The Morgan fingerprint density at radius 1 is 1.30 bits per heavy atom. The van der Waals surface area contributed by atoms with Crippen molar-refractivity contribution in [1.82, 2.24) is 5.32 Å². The van der Waals surface area contributed by atoms with Crippen molar-refractivity contribution in [1.29, 1.82) is 0 Å². The lowest BCUT2D eigenvalue weighted by atomic mass is 10.1. The van der Waals surface area contributed by atoms with Gasteiger partial charge in [0, 0.05) is 36.4 Å². The minimum Gasteiger partial charge on any atom is -0.381 e. The van der Waals surface area contributed by atoms with Crippen LogP contribution >= 0.6 is 24.2 Å². The predicted octanol–water partition coefficient (Wildman–Crippen LogP) is 3.07. The fourth-order valence-corrected chi connectivity index (χ4v) is 4.05. The second kappa shape index (κ2) is 9.52. The molecule has 2 aliphatic rings. The van der Waals surface area contributed by atoms with Gasteiger partial charge in [0.2, 0.25) is 5.91 Å². The van der Waals surface area contributed by atoms with E-state index in [1.807, 2.05) is 23.9 Å². The standard InChI is InChI=1S/C17H24N2O2S.ClH/c20-17(14-4-7-18-11-14)19-15-3-1-2-13(10-15)12-22-16-5-8-21-9-6-16;/h1-3,10,14,16,18H,4-9,11-12H2,(H,19,20);1H. The zero-order chi connectivity index (χ0) is 15.2. The van der Waals surface area contributed by atoms with Crippen molar-refractivity contribution in [2.24, 2.45) is 5.92 Å². The highest BCUT2D eigenvalue weighted by atomic mass is 35.5. The highest BCUT2D eigenvalue weighted by Crippen LogP contribution is 2.26. The first kappa shape index (κ1) is 18.6. The molecule has 0 aliphatic carbocycles. The molecule has 4 nitrogen and oxygen atoms in total. The SMILES string of the molecule is Cl.O=C(Nc1cccc(CSC2CCOCC2)c1)C1CCNC1.